The number of likely N-dealkylation sites (tertiary alicyclic amines) is 1. The first-order chi connectivity index (χ1) is 11.6. The lowest BCUT2D eigenvalue weighted by Crippen LogP contribution is -2.40. The molecule has 1 aromatic rings. The number of amides is 1. The van der Waals surface area contributed by atoms with E-state index < -0.39 is 29.6 Å². The molecule has 1 saturated heterocycles. The second-order valence-electron chi connectivity index (χ2n) is 7.33. The summed E-state index contributed by atoms with van der Waals surface area (Å²) < 4.78 is 6.87. The molecule has 1 amide bonds. The van der Waals surface area contributed by atoms with Gasteiger partial charge in [-0.05, 0) is 45.0 Å². The maximum Gasteiger partial charge on any atom is 0.410 e. The van der Waals surface area contributed by atoms with Gasteiger partial charge in [-0.25, -0.2) is 9.21 Å². The van der Waals surface area contributed by atoms with Gasteiger partial charge in [0.1, 0.15) is 5.60 Å². The number of carboxylic acid groups (broad SMARTS) is 1. The fourth-order valence-corrected chi connectivity index (χ4v) is 3.23. The van der Waals surface area contributed by atoms with Crippen LogP contribution in [0.3, 0.4) is 0 Å². The van der Waals surface area contributed by atoms with Gasteiger partial charge >= 0.3 is 12.1 Å². The molecule has 2 rings (SSSR count). The normalized spacial score (nSPS) is 22.1. The van der Waals surface area contributed by atoms with Crippen LogP contribution in [0.4, 0.5) is 4.79 Å². The SMILES string of the molecule is C[C@H](c1ccccc1)N(Cl)[C@@H]1CN(C(=O)OC(C)(C)C)C[C@H]1C(=O)O. The van der Waals surface area contributed by atoms with E-state index in [0.29, 0.717) is 0 Å². The smallest absolute Gasteiger partial charge is 0.410 e. The predicted octanol–water partition coefficient (Wildman–Crippen LogP) is 3.52. The first kappa shape index (κ1) is 19.5. The number of hydrogen-bond acceptors (Lipinski definition) is 4. The van der Waals surface area contributed by atoms with E-state index in [1.165, 1.54) is 9.32 Å². The summed E-state index contributed by atoms with van der Waals surface area (Å²) in [5, 5.41) is 9.55. The molecule has 0 aliphatic carbocycles. The second-order valence-corrected chi connectivity index (χ2v) is 7.72. The number of carbonyl (C=O) groups excluding carboxylic acids is 1. The average molecular weight is 369 g/mol. The minimum atomic E-state index is -0.970. The third kappa shape index (κ3) is 4.86. The molecule has 1 aliphatic heterocycles. The Hall–Kier alpha value is -1.79. The zero-order valence-corrected chi connectivity index (χ0v) is 15.7. The summed E-state index contributed by atoms with van der Waals surface area (Å²) in [6.45, 7) is 7.54. The van der Waals surface area contributed by atoms with Crippen LogP contribution >= 0.6 is 11.8 Å². The van der Waals surface area contributed by atoms with Crippen molar-refractivity contribution in [2.24, 2.45) is 5.92 Å². The van der Waals surface area contributed by atoms with Crippen LogP contribution < -0.4 is 0 Å². The topological polar surface area (TPSA) is 70.1 Å². The molecule has 0 radical (unpaired) electrons. The first-order valence-electron chi connectivity index (χ1n) is 8.30. The van der Waals surface area contributed by atoms with Crippen LogP contribution in [0.25, 0.3) is 0 Å². The average Bonchev–Trinajstić information content (AvgIpc) is 2.98. The van der Waals surface area contributed by atoms with E-state index in [1.54, 1.807) is 20.8 Å². The van der Waals surface area contributed by atoms with Gasteiger partial charge in [-0.1, -0.05) is 30.3 Å². The van der Waals surface area contributed by atoms with E-state index in [1.807, 2.05) is 37.3 Å². The molecule has 0 aromatic heterocycles. The van der Waals surface area contributed by atoms with Gasteiger partial charge in [-0.2, -0.15) is 0 Å². The van der Waals surface area contributed by atoms with Crippen molar-refractivity contribution in [3.8, 4) is 0 Å². The van der Waals surface area contributed by atoms with Gasteiger partial charge in [0.05, 0.1) is 12.0 Å². The van der Waals surface area contributed by atoms with Gasteiger partial charge in [0.15, 0.2) is 0 Å². The number of ether oxygens (including phenoxy) is 1. The number of carboxylic acids is 1. The van der Waals surface area contributed by atoms with Crippen molar-refractivity contribution < 1.29 is 19.4 Å². The minimum absolute atomic E-state index is 0.0830. The highest BCUT2D eigenvalue weighted by Gasteiger charge is 2.45. The molecule has 0 spiro atoms. The summed E-state index contributed by atoms with van der Waals surface area (Å²) in [5.74, 6) is -1.74. The maximum atomic E-state index is 12.3. The van der Waals surface area contributed by atoms with Crippen molar-refractivity contribution in [1.29, 1.82) is 0 Å². The molecule has 0 bridgehead atoms. The van der Waals surface area contributed by atoms with Crippen molar-refractivity contribution >= 4 is 23.8 Å². The molecule has 0 unspecified atom stereocenters. The molecule has 138 valence electrons. The van der Waals surface area contributed by atoms with Crippen molar-refractivity contribution in [3.63, 3.8) is 0 Å². The quantitative estimate of drug-likeness (QED) is 0.823. The molecule has 1 heterocycles. The zero-order chi connectivity index (χ0) is 18.8. The van der Waals surface area contributed by atoms with E-state index in [-0.39, 0.29) is 19.1 Å². The van der Waals surface area contributed by atoms with Crippen LogP contribution in [0.2, 0.25) is 0 Å². The summed E-state index contributed by atoms with van der Waals surface area (Å²) in [6.07, 6.45) is -0.515. The maximum absolute atomic E-state index is 12.3. The minimum Gasteiger partial charge on any atom is -0.481 e. The Morgan fingerprint density at radius 2 is 1.88 bits per heavy atom. The van der Waals surface area contributed by atoms with Gasteiger partial charge in [-0.15, -0.1) is 0 Å². The van der Waals surface area contributed by atoms with E-state index in [0.717, 1.165) is 5.56 Å². The zero-order valence-electron chi connectivity index (χ0n) is 15.0. The molecule has 1 aromatic carbocycles. The number of halogens is 1. The number of hydrogen-bond donors (Lipinski definition) is 1. The number of nitrogens with zero attached hydrogens (tertiary/aromatic N) is 2. The molecule has 1 fully saturated rings. The third-order valence-electron chi connectivity index (χ3n) is 4.23. The Morgan fingerprint density at radius 3 is 2.40 bits per heavy atom. The Morgan fingerprint density at radius 1 is 1.28 bits per heavy atom. The molecule has 1 N–H and O–H groups in total. The summed E-state index contributed by atoms with van der Waals surface area (Å²) in [6, 6.07) is 8.93. The molecule has 6 nitrogen and oxygen atoms in total. The summed E-state index contributed by atoms with van der Waals surface area (Å²) in [5.41, 5.74) is 0.351. The Bertz CT molecular complexity index is 617. The number of benzene rings is 1. The third-order valence-corrected chi connectivity index (χ3v) is 4.77. The molecule has 1 aliphatic rings. The standard InChI is InChI=1S/C18H25ClN2O4/c1-12(13-8-6-5-7-9-13)21(19)15-11-20(10-14(15)16(22)23)17(24)25-18(2,3)4/h5-9,12,14-15H,10-11H2,1-4H3,(H,22,23)/t12-,14-,15-/m1/s1. The fourth-order valence-electron chi connectivity index (χ4n) is 2.92. The lowest BCUT2D eigenvalue weighted by molar-refractivity contribution is -0.142. The monoisotopic (exact) mass is 368 g/mol. The molecule has 25 heavy (non-hydrogen) atoms. The molecular formula is C18H25ClN2O4. The van der Waals surface area contributed by atoms with Gasteiger partial charge in [0.25, 0.3) is 0 Å². The van der Waals surface area contributed by atoms with Crippen LogP contribution in [-0.2, 0) is 9.53 Å². The lowest BCUT2D eigenvalue weighted by atomic mass is 10.0. The van der Waals surface area contributed by atoms with Crippen LogP contribution in [-0.4, -0.2) is 51.2 Å². The van der Waals surface area contributed by atoms with E-state index in [4.69, 9.17) is 16.5 Å². The lowest BCUT2D eigenvalue weighted by Gasteiger charge is -2.30. The van der Waals surface area contributed by atoms with E-state index in [9.17, 15) is 14.7 Å². The van der Waals surface area contributed by atoms with Crippen molar-refractivity contribution in [1.82, 2.24) is 9.32 Å². The molecule has 3 atom stereocenters. The number of rotatable bonds is 4. The summed E-state index contributed by atoms with van der Waals surface area (Å²) in [4.78, 5) is 25.4. The van der Waals surface area contributed by atoms with Crippen molar-refractivity contribution in [2.45, 2.75) is 45.4 Å². The van der Waals surface area contributed by atoms with Gasteiger partial charge in [-0.3, -0.25) is 4.79 Å². The molecule has 0 saturated carbocycles. The van der Waals surface area contributed by atoms with Crippen molar-refractivity contribution in [3.05, 3.63) is 35.9 Å². The summed E-state index contributed by atoms with van der Waals surface area (Å²) >= 11 is 6.51. The highest BCUT2D eigenvalue weighted by molar-refractivity contribution is 6.14. The highest BCUT2D eigenvalue weighted by atomic mass is 35.5. The predicted molar refractivity (Wildman–Crippen MR) is 95.3 cm³/mol. The first-order valence-corrected chi connectivity index (χ1v) is 8.63. The number of carbonyl (C=O) groups is 2. The Kier molecular flexibility index (Phi) is 5.95. The second kappa shape index (κ2) is 7.62. The van der Waals surface area contributed by atoms with E-state index >= 15 is 0 Å². The Labute approximate surface area is 153 Å². The van der Waals surface area contributed by atoms with Crippen LogP contribution in [0.5, 0.6) is 0 Å². The van der Waals surface area contributed by atoms with Gasteiger partial charge < -0.3 is 14.7 Å². The number of aliphatic carboxylic acids is 1. The largest absolute Gasteiger partial charge is 0.481 e. The van der Waals surface area contributed by atoms with E-state index in [2.05, 4.69) is 0 Å². The van der Waals surface area contributed by atoms with Crippen molar-refractivity contribution in [2.75, 3.05) is 13.1 Å². The highest BCUT2D eigenvalue weighted by Crippen LogP contribution is 2.32. The van der Waals surface area contributed by atoms with Crippen LogP contribution in [0.15, 0.2) is 30.3 Å². The molecular weight excluding hydrogens is 344 g/mol. The van der Waals surface area contributed by atoms with Crippen LogP contribution in [0.1, 0.15) is 39.3 Å². The Balaban J connectivity index is 2.15. The van der Waals surface area contributed by atoms with Gasteiger partial charge in [0.2, 0.25) is 0 Å². The fraction of sp³-hybridized carbons (Fsp3) is 0.556. The van der Waals surface area contributed by atoms with Gasteiger partial charge in [0, 0.05) is 19.1 Å². The molecule has 7 heteroatoms. The summed E-state index contributed by atoms with van der Waals surface area (Å²) in [7, 11) is 0. The van der Waals surface area contributed by atoms with Crippen LogP contribution in [0, 0.1) is 5.92 Å².